The molecule has 0 amide bonds. The molecule has 2 aromatic rings. The largest absolute Gasteiger partial charge is 0.497 e. The molecule has 0 saturated heterocycles. The molecule has 0 aliphatic carbocycles. The lowest BCUT2D eigenvalue weighted by atomic mass is 9.95. The van der Waals surface area contributed by atoms with Crippen molar-refractivity contribution >= 4 is 0 Å². The second-order valence-corrected chi connectivity index (χ2v) is 4.67. The summed E-state index contributed by atoms with van der Waals surface area (Å²) in [5, 5.41) is 0. The van der Waals surface area contributed by atoms with Crippen LogP contribution >= 0.6 is 0 Å². The molecule has 2 aromatic carbocycles. The Bertz CT molecular complexity index is 581. The number of benzene rings is 2. The third kappa shape index (κ3) is 2.94. The van der Waals surface area contributed by atoms with Gasteiger partial charge in [0.2, 0.25) is 0 Å². The Morgan fingerprint density at radius 3 is 2.50 bits per heavy atom. The summed E-state index contributed by atoms with van der Waals surface area (Å²) in [5.41, 5.74) is 9.62. The summed E-state index contributed by atoms with van der Waals surface area (Å²) in [7, 11) is 1.67. The molecule has 0 radical (unpaired) electrons. The van der Waals surface area contributed by atoms with Gasteiger partial charge in [-0.05, 0) is 43.2 Å². The molecule has 0 aliphatic heterocycles. The molecule has 0 aromatic heterocycles. The van der Waals surface area contributed by atoms with Crippen LogP contribution in [0.5, 0.6) is 11.5 Å². The first kappa shape index (κ1) is 14.4. The molecule has 2 rings (SSSR count). The molecule has 0 heterocycles. The van der Waals surface area contributed by atoms with E-state index in [0.717, 1.165) is 28.2 Å². The predicted octanol–water partition coefficient (Wildman–Crippen LogP) is 3.45. The number of hydrogen-bond donors (Lipinski definition) is 1. The van der Waals surface area contributed by atoms with Crippen molar-refractivity contribution in [1.82, 2.24) is 0 Å². The van der Waals surface area contributed by atoms with E-state index in [0.29, 0.717) is 6.61 Å². The van der Waals surface area contributed by atoms with E-state index < -0.39 is 0 Å². The lowest BCUT2D eigenvalue weighted by Gasteiger charge is -2.19. The van der Waals surface area contributed by atoms with Crippen LogP contribution in [0.25, 0.3) is 0 Å². The summed E-state index contributed by atoms with van der Waals surface area (Å²) in [5.74, 6) is 1.69. The van der Waals surface area contributed by atoms with Crippen LogP contribution < -0.4 is 15.2 Å². The molecule has 0 aliphatic rings. The van der Waals surface area contributed by atoms with Crippen molar-refractivity contribution in [2.24, 2.45) is 5.73 Å². The zero-order valence-corrected chi connectivity index (χ0v) is 12.2. The molecule has 106 valence electrons. The van der Waals surface area contributed by atoms with E-state index in [1.54, 1.807) is 7.11 Å². The minimum absolute atomic E-state index is 0.205. The lowest BCUT2D eigenvalue weighted by Crippen LogP contribution is -2.14. The average molecular weight is 271 g/mol. The Labute approximate surface area is 120 Å². The molecule has 1 atom stereocenters. The zero-order valence-electron chi connectivity index (χ0n) is 12.2. The van der Waals surface area contributed by atoms with Gasteiger partial charge in [0, 0.05) is 5.56 Å². The molecule has 0 fully saturated rings. The van der Waals surface area contributed by atoms with Crippen molar-refractivity contribution in [3.05, 3.63) is 59.2 Å². The fourth-order valence-electron chi connectivity index (χ4n) is 2.32. The van der Waals surface area contributed by atoms with E-state index in [9.17, 15) is 0 Å². The number of methoxy groups -OCH3 is 1. The first-order valence-corrected chi connectivity index (χ1v) is 6.79. The zero-order chi connectivity index (χ0) is 14.5. The van der Waals surface area contributed by atoms with E-state index in [1.165, 1.54) is 0 Å². The van der Waals surface area contributed by atoms with Gasteiger partial charge in [0.05, 0.1) is 19.8 Å². The fourth-order valence-corrected chi connectivity index (χ4v) is 2.32. The molecule has 3 nitrogen and oxygen atoms in total. The van der Waals surface area contributed by atoms with Gasteiger partial charge in [0.15, 0.2) is 0 Å². The van der Waals surface area contributed by atoms with Gasteiger partial charge in [-0.3, -0.25) is 0 Å². The second kappa shape index (κ2) is 6.44. The number of nitrogens with two attached hydrogens (primary N) is 1. The third-order valence-electron chi connectivity index (χ3n) is 3.37. The number of aryl methyl sites for hydroxylation is 1. The average Bonchev–Trinajstić information content (AvgIpc) is 2.47. The number of rotatable bonds is 5. The highest BCUT2D eigenvalue weighted by Crippen LogP contribution is 2.31. The smallest absolute Gasteiger partial charge is 0.124 e. The van der Waals surface area contributed by atoms with Gasteiger partial charge >= 0.3 is 0 Å². The molecule has 20 heavy (non-hydrogen) atoms. The summed E-state index contributed by atoms with van der Waals surface area (Å²) in [6.45, 7) is 4.65. The summed E-state index contributed by atoms with van der Waals surface area (Å²) in [6, 6.07) is 13.7. The summed E-state index contributed by atoms with van der Waals surface area (Å²) < 4.78 is 10.9. The molecular weight excluding hydrogens is 250 g/mol. The highest BCUT2D eigenvalue weighted by Gasteiger charge is 2.16. The maximum atomic E-state index is 6.42. The van der Waals surface area contributed by atoms with Gasteiger partial charge in [0.1, 0.15) is 11.5 Å². The molecule has 0 bridgehead atoms. The molecular formula is C17H21NO2. The van der Waals surface area contributed by atoms with Gasteiger partial charge < -0.3 is 15.2 Å². The van der Waals surface area contributed by atoms with Crippen molar-refractivity contribution in [2.45, 2.75) is 19.9 Å². The Morgan fingerprint density at radius 2 is 1.85 bits per heavy atom. The van der Waals surface area contributed by atoms with Crippen LogP contribution in [0.2, 0.25) is 0 Å². The van der Waals surface area contributed by atoms with Crippen LogP contribution in [0.1, 0.15) is 29.7 Å². The summed E-state index contributed by atoms with van der Waals surface area (Å²) >= 11 is 0. The minimum Gasteiger partial charge on any atom is -0.497 e. The summed E-state index contributed by atoms with van der Waals surface area (Å²) in [6.07, 6.45) is 0. The van der Waals surface area contributed by atoms with Gasteiger partial charge in [-0.2, -0.15) is 0 Å². The topological polar surface area (TPSA) is 44.5 Å². The number of hydrogen-bond acceptors (Lipinski definition) is 3. The van der Waals surface area contributed by atoms with Crippen molar-refractivity contribution in [2.75, 3.05) is 13.7 Å². The fraction of sp³-hybridized carbons (Fsp3) is 0.294. The molecule has 0 saturated carbocycles. The Morgan fingerprint density at radius 1 is 1.10 bits per heavy atom. The molecule has 1 unspecified atom stereocenters. The van der Waals surface area contributed by atoms with E-state index in [1.807, 2.05) is 56.3 Å². The predicted molar refractivity (Wildman–Crippen MR) is 81.4 cm³/mol. The first-order valence-electron chi connectivity index (χ1n) is 6.79. The van der Waals surface area contributed by atoms with Crippen molar-refractivity contribution in [1.29, 1.82) is 0 Å². The van der Waals surface area contributed by atoms with Gasteiger partial charge in [0.25, 0.3) is 0 Å². The monoisotopic (exact) mass is 271 g/mol. The normalized spacial score (nSPS) is 12.0. The second-order valence-electron chi connectivity index (χ2n) is 4.67. The molecule has 2 N–H and O–H groups in total. The van der Waals surface area contributed by atoms with E-state index in [2.05, 4.69) is 0 Å². The van der Waals surface area contributed by atoms with Gasteiger partial charge in [-0.15, -0.1) is 0 Å². The Hall–Kier alpha value is -2.00. The van der Waals surface area contributed by atoms with Crippen molar-refractivity contribution in [3.8, 4) is 11.5 Å². The third-order valence-corrected chi connectivity index (χ3v) is 3.37. The van der Waals surface area contributed by atoms with Gasteiger partial charge in [-0.25, -0.2) is 0 Å². The lowest BCUT2D eigenvalue weighted by molar-refractivity contribution is 0.335. The molecule has 3 heteroatoms. The van der Waals surface area contributed by atoms with E-state index >= 15 is 0 Å². The van der Waals surface area contributed by atoms with Crippen LogP contribution in [-0.4, -0.2) is 13.7 Å². The van der Waals surface area contributed by atoms with E-state index in [4.69, 9.17) is 15.2 Å². The van der Waals surface area contributed by atoms with Crippen molar-refractivity contribution in [3.63, 3.8) is 0 Å². The van der Waals surface area contributed by atoms with Crippen LogP contribution in [0.4, 0.5) is 0 Å². The highest BCUT2D eigenvalue weighted by molar-refractivity contribution is 5.45. The SMILES string of the molecule is CCOc1ccccc1C(N)c1ccc(OC)cc1C. The first-order chi connectivity index (χ1) is 9.67. The van der Waals surface area contributed by atoms with Crippen LogP contribution in [0.3, 0.4) is 0 Å². The summed E-state index contributed by atoms with van der Waals surface area (Å²) in [4.78, 5) is 0. The Kier molecular flexibility index (Phi) is 4.64. The highest BCUT2D eigenvalue weighted by atomic mass is 16.5. The number of para-hydroxylation sites is 1. The number of ether oxygens (including phenoxy) is 2. The molecule has 0 spiro atoms. The van der Waals surface area contributed by atoms with Crippen molar-refractivity contribution < 1.29 is 9.47 Å². The maximum Gasteiger partial charge on any atom is 0.124 e. The standard InChI is InChI=1S/C17H21NO2/c1-4-20-16-8-6-5-7-15(16)17(18)14-10-9-13(19-3)11-12(14)2/h5-11,17H,4,18H2,1-3H3. The van der Waals surface area contributed by atoms with Crippen LogP contribution in [-0.2, 0) is 0 Å². The van der Waals surface area contributed by atoms with Crippen LogP contribution in [0, 0.1) is 6.92 Å². The van der Waals surface area contributed by atoms with Crippen LogP contribution in [0.15, 0.2) is 42.5 Å². The van der Waals surface area contributed by atoms with E-state index in [-0.39, 0.29) is 6.04 Å². The maximum absolute atomic E-state index is 6.42. The Balaban J connectivity index is 2.38. The minimum atomic E-state index is -0.205. The quantitative estimate of drug-likeness (QED) is 0.906. The van der Waals surface area contributed by atoms with Gasteiger partial charge in [-0.1, -0.05) is 24.3 Å².